The Hall–Kier alpha value is -2.04. The van der Waals surface area contributed by atoms with Crippen LogP contribution in [0.1, 0.15) is 5.69 Å². The number of hydrogen-bond donors (Lipinski definition) is 2. The van der Waals surface area contributed by atoms with Crippen LogP contribution >= 0.6 is 0 Å². The summed E-state index contributed by atoms with van der Waals surface area (Å²) in [6.07, 6.45) is 3.30. The molecule has 0 aliphatic rings. The van der Waals surface area contributed by atoms with Crippen LogP contribution in [0.4, 0.5) is 0 Å². The molecule has 0 atom stereocenters. The summed E-state index contributed by atoms with van der Waals surface area (Å²) < 4.78 is 4.84. The molecule has 80 valence electrons. The van der Waals surface area contributed by atoms with E-state index in [1.165, 1.54) is 0 Å². The number of nitrogens with zero attached hydrogens (tertiary/aromatic N) is 1. The van der Waals surface area contributed by atoms with Gasteiger partial charge in [-0.3, -0.25) is 4.98 Å². The highest BCUT2D eigenvalue weighted by Gasteiger charge is 1.99. The van der Waals surface area contributed by atoms with Crippen LogP contribution in [0.2, 0.25) is 0 Å². The van der Waals surface area contributed by atoms with Crippen molar-refractivity contribution in [2.45, 2.75) is 6.42 Å². The van der Waals surface area contributed by atoms with Crippen LogP contribution in [-0.4, -0.2) is 17.6 Å². The number of aromatic nitrogens is 1. The second kappa shape index (κ2) is 5.64. The van der Waals surface area contributed by atoms with Crippen LogP contribution in [0, 0.1) is 0 Å². The van der Waals surface area contributed by atoms with Gasteiger partial charge in [-0.15, -0.1) is 0 Å². The molecule has 0 fully saturated rings. The predicted molar refractivity (Wildman–Crippen MR) is 55.4 cm³/mol. The first-order valence-corrected chi connectivity index (χ1v) is 4.48. The zero-order valence-electron chi connectivity index (χ0n) is 8.22. The number of pyridine rings is 1. The molecule has 15 heavy (non-hydrogen) atoms. The first-order chi connectivity index (χ1) is 7.18. The normalized spacial score (nSPS) is 9.33. The third-order valence-electron chi connectivity index (χ3n) is 1.61. The Morgan fingerprint density at radius 3 is 2.87 bits per heavy atom. The van der Waals surface area contributed by atoms with Gasteiger partial charge >= 0.3 is 5.97 Å². The fourth-order valence-corrected chi connectivity index (χ4v) is 0.980. The lowest BCUT2D eigenvalue weighted by Crippen LogP contribution is -2.13. The first-order valence-electron chi connectivity index (χ1n) is 4.48. The Bertz CT molecular complexity index is 345. The molecule has 5 nitrogen and oxygen atoms in total. The lowest BCUT2D eigenvalue weighted by Gasteiger charge is -2.01. The summed E-state index contributed by atoms with van der Waals surface area (Å²) in [5.74, 6) is -0.594. The lowest BCUT2D eigenvalue weighted by molar-refractivity contribution is -0.137. The van der Waals surface area contributed by atoms with E-state index in [1.54, 1.807) is 6.20 Å². The Kier molecular flexibility index (Phi) is 4.15. The van der Waals surface area contributed by atoms with Gasteiger partial charge in [0.25, 0.3) is 0 Å². The highest BCUT2D eigenvalue weighted by molar-refractivity contribution is 5.82. The number of hydrogen-bond acceptors (Lipinski definition) is 5. The van der Waals surface area contributed by atoms with E-state index in [0.29, 0.717) is 6.42 Å². The third kappa shape index (κ3) is 4.66. The maximum absolute atomic E-state index is 11.0. The number of ether oxygens (including phenoxy) is 1. The molecular formula is C10H13N3O2. The second-order valence-electron chi connectivity index (χ2n) is 2.88. The van der Waals surface area contributed by atoms with E-state index in [2.05, 4.69) is 4.98 Å². The maximum atomic E-state index is 11.0. The Balaban J connectivity index is 2.28. The quantitative estimate of drug-likeness (QED) is 0.532. The number of esters is 1. The van der Waals surface area contributed by atoms with E-state index < -0.39 is 5.97 Å². The monoisotopic (exact) mass is 207 g/mol. The van der Waals surface area contributed by atoms with Crippen molar-refractivity contribution < 1.29 is 9.53 Å². The van der Waals surface area contributed by atoms with Crippen LogP contribution in [0.15, 0.2) is 36.3 Å². The maximum Gasteiger partial charge on any atom is 0.334 e. The molecule has 0 aromatic carbocycles. The molecule has 1 aromatic rings. The van der Waals surface area contributed by atoms with Gasteiger partial charge in [-0.05, 0) is 12.1 Å². The second-order valence-corrected chi connectivity index (χ2v) is 2.88. The highest BCUT2D eigenvalue weighted by atomic mass is 16.5. The summed E-state index contributed by atoms with van der Waals surface area (Å²) in [5, 5.41) is 0. The van der Waals surface area contributed by atoms with Crippen molar-refractivity contribution >= 4 is 5.97 Å². The molecule has 1 aromatic heterocycles. The number of carbonyl (C=O) groups is 1. The van der Waals surface area contributed by atoms with Gasteiger partial charge in [-0.25, -0.2) is 4.79 Å². The SMILES string of the molecule is NC(N)=CC(=O)OCCc1ccccn1. The Morgan fingerprint density at radius 2 is 2.27 bits per heavy atom. The van der Waals surface area contributed by atoms with Crippen LogP contribution in [0.5, 0.6) is 0 Å². The average molecular weight is 207 g/mol. The van der Waals surface area contributed by atoms with E-state index >= 15 is 0 Å². The van der Waals surface area contributed by atoms with Gasteiger partial charge in [-0.1, -0.05) is 6.07 Å². The molecule has 0 bridgehead atoms. The lowest BCUT2D eigenvalue weighted by atomic mass is 10.3. The van der Waals surface area contributed by atoms with Gasteiger partial charge in [0.2, 0.25) is 0 Å². The zero-order valence-corrected chi connectivity index (χ0v) is 8.22. The predicted octanol–water partition coefficient (Wildman–Crippen LogP) is -0.0739. The van der Waals surface area contributed by atoms with Crippen molar-refractivity contribution in [3.05, 3.63) is 42.0 Å². The molecule has 0 spiro atoms. The van der Waals surface area contributed by atoms with Crippen molar-refractivity contribution in [2.75, 3.05) is 6.61 Å². The fourth-order valence-electron chi connectivity index (χ4n) is 0.980. The third-order valence-corrected chi connectivity index (χ3v) is 1.61. The molecule has 0 radical (unpaired) electrons. The molecule has 0 unspecified atom stereocenters. The molecule has 0 aliphatic heterocycles. The summed E-state index contributed by atoms with van der Waals surface area (Å²) in [4.78, 5) is 15.0. The summed E-state index contributed by atoms with van der Waals surface area (Å²) >= 11 is 0. The van der Waals surface area contributed by atoms with Crippen LogP contribution in [0.25, 0.3) is 0 Å². The Morgan fingerprint density at radius 1 is 1.47 bits per heavy atom. The zero-order chi connectivity index (χ0) is 11.1. The minimum absolute atomic E-state index is 0.0576. The van der Waals surface area contributed by atoms with Crippen molar-refractivity contribution in [3.8, 4) is 0 Å². The van der Waals surface area contributed by atoms with E-state index in [4.69, 9.17) is 16.2 Å². The van der Waals surface area contributed by atoms with Crippen LogP contribution < -0.4 is 11.5 Å². The van der Waals surface area contributed by atoms with Gasteiger partial charge < -0.3 is 16.2 Å². The molecule has 1 heterocycles. The van der Waals surface area contributed by atoms with Gasteiger partial charge in [-0.2, -0.15) is 0 Å². The molecule has 0 saturated heterocycles. The van der Waals surface area contributed by atoms with E-state index in [-0.39, 0.29) is 12.4 Å². The number of rotatable bonds is 4. The van der Waals surface area contributed by atoms with Crippen molar-refractivity contribution in [3.63, 3.8) is 0 Å². The minimum atomic E-state index is -0.536. The largest absolute Gasteiger partial charge is 0.462 e. The molecule has 0 saturated carbocycles. The molecule has 0 aliphatic carbocycles. The summed E-state index contributed by atoms with van der Waals surface area (Å²) in [5.41, 5.74) is 11.1. The average Bonchev–Trinajstić information content (AvgIpc) is 2.18. The molecular weight excluding hydrogens is 194 g/mol. The Labute approximate surface area is 87.7 Å². The van der Waals surface area contributed by atoms with E-state index in [1.807, 2.05) is 18.2 Å². The highest BCUT2D eigenvalue weighted by Crippen LogP contribution is 1.95. The van der Waals surface area contributed by atoms with Gasteiger partial charge in [0.1, 0.15) is 5.82 Å². The smallest absolute Gasteiger partial charge is 0.334 e. The number of carbonyl (C=O) groups excluding carboxylic acids is 1. The van der Waals surface area contributed by atoms with Crippen LogP contribution in [-0.2, 0) is 16.0 Å². The summed E-state index contributed by atoms with van der Waals surface area (Å²) in [6, 6.07) is 5.57. The fraction of sp³-hybridized carbons (Fsp3) is 0.200. The van der Waals surface area contributed by atoms with Gasteiger partial charge in [0, 0.05) is 18.3 Å². The molecule has 1 rings (SSSR count). The standard InChI is InChI=1S/C10H13N3O2/c11-9(12)7-10(14)15-6-4-8-3-1-2-5-13-8/h1-3,5,7H,4,6,11-12H2. The van der Waals surface area contributed by atoms with Crippen molar-refractivity contribution in [1.82, 2.24) is 4.98 Å². The first kappa shape index (κ1) is 11.0. The topological polar surface area (TPSA) is 91.2 Å². The summed E-state index contributed by atoms with van der Waals surface area (Å²) in [7, 11) is 0. The van der Waals surface area contributed by atoms with Crippen molar-refractivity contribution in [2.24, 2.45) is 11.5 Å². The molecule has 5 heteroatoms. The number of nitrogens with two attached hydrogens (primary N) is 2. The summed E-state index contributed by atoms with van der Waals surface area (Å²) in [6.45, 7) is 0.264. The van der Waals surface area contributed by atoms with Gasteiger partial charge in [0.05, 0.1) is 12.7 Å². The van der Waals surface area contributed by atoms with Gasteiger partial charge in [0.15, 0.2) is 0 Å². The van der Waals surface area contributed by atoms with Crippen LogP contribution in [0.3, 0.4) is 0 Å². The van der Waals surface area contributed by atoms with E-state index in [9.17, 15) is 4.79 Å². The molecule has 0 amide bonds. The van der Waals surface area contributed by atoms with E-state index in [0.717, 1.165) is 11.8 Å². The minimum Gasteiger partial charge on any atom is -0.462 e. The molecule has 4 N–H and O–H groups in total. The van der Waals surface area contributed by atoms with Crippen molar-refractivity contribution in [1.29, 1.82) is 0 Å².